The van der Waals surface area contributed by atoms with Crippen LogP contribution in [0, 0.1) is 0 Å². The molecule has 0 bridgehead atoms. The molecule has 2 atom stereocenters. The average Bonchev–Trinajstić information content (AvgIpc) is 2.99. The molecule has 1 amide bonds. The van der Waals surface area contributed by atoms with Crippen LogP contribution in [0.4, 0.5) is 0 Å². The Kier molecular flexibility index (Phi) is 36.9. The summed E-state index contributed by atoms with van der Waals surface area (Å²) in [5.41, 5.74) is 0. The normalized spacial score (nSPS) is 12.7. The van der Waals surface area contributed by atoms with Crippen molar-refractivity contribution in [1.82, 2.24) is 15.1 Å². The summed E-state index contributed by atoms with van der Waals surface area (Å²) in [6, 6.07) is -1.36. The van der Waals surface area contributed by atoms with E-state index in [0.29, 0.717) is 58.4 Å². The standard InChI is InChI=1S/2C16H32N2O4.Ca/c2*1-3-4-5-6-7-9-15(20)17-10-12-18(11-8-13-19)14(2)16(21)22;/h2*14,19H,3-13H2,1-2H3,(H,17,20)(H,21,22);/q;;+2/p-2. The molecule has 45 heavy (non-hydrogen) atoms. The van der Waals surface area contributed by atoms with Crippen LogP contribution in [0.1, 0.15) is 118 Å². The Balaban J connectivity index is -0.000000767. The van der Waals surface area contributed by atoms with Crippen LogP contribution in [0.25, 0.3) is 0 Å². The number of aliphatic imine (C=N–C) groups is 1. The zero-order chi connectivity index (χ0) is 33.6. The van der Waals surface area contributed by atoms with Gasteiger partial charge in [0.1, 0.15) is 6.04 Å². The number of unbranched alkanes of at least 4 members (excludes halogenated alkanes) is 8. The van der Waals surface area contributed by atoms with E-state index >= 15 is 0 Å². The smallest absolute Gasteiger partial charge is 0.862 e. The number of hydrogen-bond acceptors (Lipinski definition) is 10. The maximum Gasteiger partial charge on any atom is 2.00 e. The van der Waals surface area contributed by atoms with Crippen molar-refractivity contribution in [3.05, 3.63) is 0 Å². The number of aliphatic hydroxyl groups excluding tert-OH is 2. The van der Waals surface area contributed by atoms with Crippen LogP contribution in [0.15, 0.2) is 4.99 Å². The van der Waals surface area contributed by atoms with Gasteiger partial charge in [0.05, 0.1) is 12.5 Å². The Labute approximate surface area is 302 Å². The minimum atomic E-state index is -1.15. The first kappa shape index (κ1) is 48.4. The number of nitrogens with zero attached hydrogens (tertiary/aromatic N) is 3. The van der Waals surface area contributed by atoms with E-state index in [4.69, 9.17) is 15.3 Å². The molecule has 0 aromatic rings. The molecule has 0 saturated heterocycles. The van der Waals surface area contributed by atoms with Crippen molar-refractivity contribution in [3.63, 3.8) is 0 Å². The van der Waals surface area contributed by atoms with Crippen molar-refractivity contribution < 1.29 is 39.9 Å². The number of carboxylic acid groups (broad SMARTS) is 2. The first-order valence-electron chi connectivity index (χ1n) is 16.7. The van der Waals surface area contributed by atoms with Crippen molar-refractivity contribution in [1.29, 1.82) is 0 Å². The molecule has 0 aliphatic heterocycles. The average molecular weight is 671 g/mol. The third-order valence-electron chi connectivity index (χ3n) is 7.40. The largest absolute Gasteiger partial charge is 2.00 e. The van der Waals surface area contributed by atoms with Crippen molar-refractivity contribution in [2.24, 2.45) is 4.99 Å². The summed E-state index contributed by atoms with van der Waals surface area (Å²) in [4.78, 5) is 41.1. The molecule has 0 aromatic carbocycles. The van der Waals surface area contributed by atoms with E-state index in [1.165, 1.54) is 32.1 Å². The zero-order valence-corrected chi connectivity index (χ0v) is 30.9. The third-order valence-corrected chi connectivity index (χ3v) is 7.40. The molecule has 0 aliphatic rings. The van der Waals surface area contributed by atoms with Crippen LogP contribution in [0.2, 0.25) is 0 Å². The van der Waals surface area contributed by atoms with Gasteiger partial charge in [-0.3, -0.25) is 19.4 Å². The van der Waals surface area contributed by atoms with Crippen LogP contribution in [0.5, 0.6) is 0 Å². The van der Waals surface area contributed by atoms with Gasteiger partial charge in [0.2, 0.25) is 5.91 Å². The number of hydrogen-bond donors (Lipinski definition) is 4. The molecular weight excluding hydrogens is 608 g/mol. The van der Waals surface area contributed by atoms with Crippen molar-refractivity contribution >= 4 is 61.5 Å². The van der Waals surface area contributed by atoms with Gasteiger partial charge in [-0.15, -0.1) is 0 Å². The fourth-order valence-corrected chi connectivity index (χ4v) is 4.43. The second kappa shape index (κ2) is 34.3. The first-order chi connectivity index (χ1) is 21.0. The fourth-order valence-electron chi connectivity index (χ4n) is 4.43. The molecule has 0 radical (unpaired) electrons. The summed E-state index contributed by atoms with van der Waals surface area (Å²) in [6.07, 6.45) is 13.1. The van der Waals surface area contributed by atoms with Crippen LogP contribution < -0.4 is 15.5 Å². The molecule has 12 nitrogen and oxygen atoms in total. The predicted octanol–water partition coefficient (Wildman–Crippen LogP) is 1.17. The Hall–Kier alpha value is -1.02. The van der Waals surface area contributed by atoms with E-state index in [-0.39, 0.29) is 69.3 Å². The molecule has 0 spiro atoms. The molecule has 260 valence electrons. The summed E-state index contributed by atoms with van der Waals surface area (Å²) in [6.45, 7) is 10.1. The van der Waals surface area contributed by atoms with E-state index < -0.39 is 24.0 Å². The Morgan fingerprint density at radius 2 is 1.20 bits per heavy atom. The number of carboxylic acids is 2. The van der Waals surface area contributed by atoms with Gasteiger partial charge in [-0.25, -0.2) is 0 Å². The summed E-state index contributed by atoms with van der Waals surface area (Å²) < 4.78 is 0. The van der Waals surface area contributed by atoms with E-state index in [1.54, 1.807) is 23.6 Å². The predicted molar refractivity (Wildman–Crippen MR) is 176 cm³/mol. The molecule has 0 rings (SSSR count). The minimum Gasteiger partial charge on any atom is -0.862 e. The second-order valence-electron chi connectivity index (χ2n) is 11.2. The fraction of sp³-hybridized carbons (Fsp3) is 0.875. The van der Waals surface area contributed by atoms with Gasteiger partial charge in [0.25, 0.3) is 0 Å². The van der Waals surface area contributed by atoms with Crippen molar-refractivity contribution in [3.8, 4) is 0 Å². The summed E-state index contributed by atoms with van der Waals surface area (Å²) in [5, 5.41) is 52.1. The molecule has 0 fully saturated rings. The quantitative estimate of drug-likeness (QED) is 0.0407. The zero-order valence-electron chi connectivity index (χ0n) is 28.6. The van der Waals surface area contributed by atoms with E-state index in [1.807, 2.05) is 0 Å². The van der Waals surface area contributed by atoms with Crippen LogP contribution in [-0.2, 0) is 14.4 Å². The monoisotopic (exact) mass is 670 g/mol. The third kappa shape index (κ3) is 30.1. The number of aliphatic carboxylic acids is 2. The van der Waals surface area contributed by atoms with Gasteiger partial charge in [0, 0.05) is 58.4 Å². The van der Waals surface area contributed by atoms with Gasteiger partial charge in [-0.2, -0.15) is 0 Å². The number of nitrogens with one attached hydrogen (secondary N) is 1. The van der Waals surface area contributed by atoms with Gasteiger partial charge in [0.15, 0.2) is 0 Å². The van der Waals surface area contributed by atoms with Gasteiger partial charge in [-0.1, -0.05) is 65.2 Å². The first-order valence-corrected chi connectivity index (χ1v) is 16.7. The molecule has 0 aliphatic carbocycles. The SMILES string of the molecule is CCCCCCCC(=O)NCCN(CCCO)C(C)C(=O)O.CCCCCCCC([O-])=NCCN(CCCO)C(C)C(=O)[O-].[Ca+2]. The van der Waals surface area contributed by atoms with E-state index in [9.17, 15) is 24.6 Å². The topological polar surface area (TPSA) is 189 Å². The minimum absolute atomic E-state index is 0. The van der Waals surface area contributed by atoms with Crippen LogP contribution in [0.3, 0.4) is 0 Å². The molecule has 4 N–H and O–H groups in total. The Bertz CT molecular complexity index is 761. The molecule has 2 unspecified atom stereocenters. The Morgan fingerprint density at radius 1 is 0.711 bits per heavy atom. The Morgan fingerprint density at radius 3 is 1.67 bits per heavy atom. The van der Waals surface area contributed by atoms with Crippen LogP contribution >= 0.6 is 0 Å². The maximum absolute atomic E-state index is 11.7. The van der Waals surface area contributed by atoms with Gasteiger partial charge >= 0.3 is 43.7 Å². The molecule has 13 heteroatoms. The van der Waals surface area contributed by atoms with E-state index in [2.05, 4.69) is 24.2 Å². The number of carbonyl (C=O) groups is 3. The number of rotatable bonds is 28. The van der Waals surface area contributed by atoms with Crippen molar-refractivity contribution in [2.45, 2.75) is 130 Å². The number of amides is 1. The maximum atomic E-state index is 11.7. The molecule has 0 heterocycles. The summed E-state index contributed by atoms with van der Waals surface area (Å²) in [5.74, 6) is -2.12. The number of carbonyl (C=O) groups excluding carboxylic acids is 2. The second-order valence-corrected chi connectivity index (χ2v) is 11.2. The van der Waals surface area contributed by atoms with Gasteiger partial charge < -0.3 is 40.6 Å². The van der Waals surface area contributed by atoms with Crippen molar-refractivity contribution in [2.75, 3.05) is 52.5 Å². The van der Waals surface area contributed by atoms with Gasteiger partial charge in [-0.05, 0) is 51.8 Å². The van der Waals surface area contributed by atoms with E-state index in [0.717, 1.165) is 32.1 Å². The summed E-state index contributed by atoms with van der Waals surface area (Å²) >= 11 is 0. The molecular formula is C32H62CaN4O8. The summed E-state index contributed by atoms with van der Waals surface area (Å²) in [7, 11) is 0. The molecule has 0 aromatic heterocycles. The number of aliphatic hydroxyl groups is 2. The molecule has 0 saturated carbocycles. The van der Waals surface area contributed by atoms with Crippen LogP contribution in [-0.4, -0.2) is 151 Å².